The number of amides is 1. The summed E-state index contributed by atoms with van der Waals surface area (Å²) in [6.07, 6.45) is 0.822. The summed E-state index contributed by atoms with van der Waals surface area (Å²) in [6.45, 7) is 3.96. The van der Waals surface area contributed by atoms with Gasteiger partial charge in [0.05, 0.1) is 4.88 Å². The van der Waals surface area contributed by atoms with E-state index in [1.54, 1.807) is 0 Å². The Morgan fingerprint density at radius 1 is 1.20 bits per heavy atom. The number of hydrogen-bond acceptors (Lipinski definition) is 3. The Balaban J connectivity index is 2.25. The first kappa shape index (κ1) is 14.3. The van der Waals surface area contributed by atoms with Crippen molar-refractivity contribution in [3.63, 3.8) is 0 Å². The maximum atomic E-state index is 12.2. The Bertz CT molecular complexity index is 661. The molecular weight excluding hydrogens is 274 g/mol. The summed E-state index contributed by atoms with van der Waals surface area (Å²) in [4.78, 5) is 23.6. The molecule has 104 valence electrons. The van der Waals surface area contributed by atoms with Gasteiger partial charge in [0.1, 0.15) is 4.88 Å². The zero-order valence-corrected chi connectivity index (χ0v) is 12.1. The van der Waals surface area contributed by atoms with Crippen LogP contribution in [0.3, 0.4) is 0 Å². The van der Waals surface area contributed by atoms with E-state index in [1.165, 1.54) is 12.1 Å². The first-order valence-electron chi connectivity index (χ1n) is 6.26. The lowest BCUT2D eigenvalue weighted by Crippen LogP contribution is -2.12. The van der Waals surface area contributed by atoms with Crippen LogP contribution in [0.25, 0.3) is 0 Å². The van der Waals surface area contributed by atoms with Gasteiger partial charge in [-0.25, -0.2) is 4.79 Å². The van der Waals surface area contributed by atoms with Crippen LogP contribution in [0.5, 0.6) is 0 Å². The van der Waals surface area contributed by atoms with Gasteiger partial charge >= 0.3 is 5.97 Å². The average molecular weight is 289 g/mol. The lowest BCUT2D eigenvalue weighted by Gasteiger charge is -2.12. The topological polar surface area (TPSA) is 66.4 Å². The van der Waals surface area contributed by atoms with E-state index in [4.69, 9.17) is 5.11 Å². The number of aromatic carboxylic acids is 1. The average Bonchev–Trinajstić information content (AvgIpc) is 2.91. The van der Waals surface area contributed by atoms with Crippen LogP contribution in [-0.4, -0.2) is 17.0 Å². The summed E-state index contributed by atoms with van der Waals surface area (Å²) in [5.41, 5.74) is 2.87. The van der Waals surface area contributed by atoms with Crippen LogP contribution >= 0.6 is 11.3 Å². The SMILES string of the molecule is CCc1cccc(C)c1NC(=O)c1ccc(C(=O)O)s1. The van der Waals surface area contributed by atoms with E-state index < -0.39 is 5.97 Å². The molecular formula is C15H15NO3S. The number of benzene rings is 1. The van der Waals surface area contributed by atoms with Crippen molar-refractivity contribution in [1.29, 1.82) is 0 Å². The summed E-state index contributed by atoms with van der Waals surface area (Å²) in [7, 11) is 0. The highest BCUT2D eigenvalue weighted by molar-refractivity contribution is 7.15. The summed E-state index contributed by atoms with van der Waals surface area (Å²) >= 11 is 0.976. The zero-order chi connectivity index (χ0) is 14.7. The van der Waals surface area contributed by atoms with Gasteiger partial charge in [-0.15, -0.1) is 11.3 Å². The van der Waals surface area contributed by atoms with E-state index in [1.807, 2.05) is 32.0 Å². The Labute approximate surface area is 121 Å². The van der Waals surface area contributed by atoms with Crippen LogP contribution in [-0.2, 0) is 6.42 Å². The third-order valence-corrected chi connectivity index (χ3v) is 4.09. The third-order valence-electron chi connectivity index (χ3n) is 3.02. The fraction of sp³-hybridized carbons (Fsp3) is 0.200. The van der Waals surface area contributed by atoms with Crippen molar-refractivity contribution in [2.45, 2.75) is 20.3 Å². The quantitative estimate of drug-likeness (QED) is 0.904. The van der Waals surface area contributed by atoms with Crippen LogP contribution in [0.15, 0.2) is 30.3 Å². The second-order valence-electron chi connectivity index (χ2n) is 4.39. The molecule has 2 N–H and O–H groups in total. The van der Waals surface area contributed by atoms with Gasteiger partial charge < -0.3 is 10.4 Å². The molecule has 0 saturated heterocycles. The highest BCUT2D eigenvalue weighted by Gasteiger charge is 2.15. The number of carboxylic acid groups (broad SMARTS) is 1. The van der Waals surface area contributed by atoms with Crippen LogP contribution in [0.1, 0.15) is 37.4 Å². The van der Waals surface area contributed by atoms with Gasteiger partial charge in [0.25, 0.3) is 5.91 Å². The van der Waals surface area contributed by atoms with Crippen LogP contribution < -0.4 is 5.32 Å². The van der Waals surface area contributed by atoms with Gasteiger partial charge in [-0.3, -0.25) is 4.79 Å². The molecule has 0 saturated carbocycles. The molecule has 4 nitrogen and oxygen atoms in total. The van der Waals surface area contributed by atoms with Crippen molar-refractivity contribution >= 4 is 28.9 Å². The molecule has 1 amide bonds. The summed E-state index contributed by atoms with van der Waals surface area (Å²) in [6, 6.07) is 8.84. The van der Waals surface area contributed by atoms with Crippen LogP contribution in [0.4, 0.5) is 5.69 Å². The van der Waals surface area contributed by atoms with Gasteiger partial charge in [-0.05, 0) is 36.6 Å². The number of hydrogen-bond donors (Lipinski definition) is 2. The van der Waals surface area contributed by atoms with Gasteiger partial charge in [0.2, 0.25) is 0 Å². The first-order chi connectivity index (χ1) is 9.52. The monoisotopic (exact) mass is 289 g/mol. The minimum atomic E-state index is -1.01. The van der Waals surface area contributed by atoms with Gasteiger partial charge in [0, 0.05) is 5.69 Å². The maximum Gasteiger partial charge on any atom is 0.345 e. The fourth-order valence-electron chi connectivity index (χ4n) is 1.95. The molecule has 2 rings (SSSR count). The van der Waals surface area contributed by atoms with E-state index in [9.17, 15) is 9.59 Å². The molecule has 0 fully saturated rings. The van der Waals surface area contributed by atoms with Gasteiger partial charge in [-0.1, -0.05) is 25.1 Å². The fourth-order valence-corrected chi connectivity index (χ4v) is 2.69. The van der Waals surface area contributed by atoms with Crippen molar-refractivity contribution in [2.24, 2.45) is 0 Å². The van der Waals surface area contributed by atoms with E-state index in [0.717, 1.165) is 34.6 Å². The predicted octanol–water partition coefficient (Wildman–Crippen LogP) is 3.57. The van der Waals surface area contributed by atoms with E-state index in [-0.39, 0.29) is 10.8 Å². The molecule has 5 heteroatoms. The molecule has 0 unspecified atom stereocenters. The minimum Gasteiger partial charge on any atom is -0.477 e. The molecule has 1 heterocycles. The lowest BCUT2D eigenvalue weighted by atomic mass is 10.1. The summed E-state index contributed by atoms with van der Waals surface area (Å²) in [5, 5.41) is 11.8. The van der Waals surface area contributed by atoms with Crippen molar-refractivity contribution in [3.05, 3.63) is 51.2 Å². The molecule has 0 radical (unpaired) electrons. The standard InChI is InChI=1S/C15H15NO3S/c1-3-10-6-4-5-9(2)13(10)16-14(17)11-7-8-12(20-11)15(18)19/h4-8H,3H2,1-2H3,(H,16,17)(H,18,19). The maximum absolute atomic E-state index is 12.2. The molecule has 2 aromatic rings. The van der Waals surface area contributed by atoms with E-state index >= 15 is 0 Å². The number of carboxylic acids is 1. The van der Waals surface area contributed by atoms with Crippen molar-refractivity contribution < 1.29 is 14.7 Å². The number of carbonyl (C=O) groups is 2. The predicted molar refractivity (Wildman–Crippen MR) is 79.8 cm³/mol. The Morgan fingerprint density at radius 3 is 2.50 bits per heavy atom. The second kappa shape index (κ2) is 5.88. The number of thiophene rings is 1. The Kier molecular flexibility index (Phi) is 4.20. The number of nitrogens with one attached hydrogen (secondary N) is 1. The number of rotatable bonds is 4. The second-order valence-corrected chi connectivity index (χ2v) is 5.47. The smallest absolute Gasteiger partial charge is 0.345 e. The van der Waals surface area contributed by atoms with Gasteiger partial charge in [-0.2, -0.15) is 0 Å². The van der Waals surface area contributed by atoms with Crippen LogP contribution in [0, 0.1) is 6.92 Å². The van der Waals surface area contributed by atoms with E-state index in [2.05, 4.69) is 5.32 Å². The molecule has 1 aromatic heterocycles. The molecule has 0 aliphatic carbocycles. The molecule has 0 aliphatic rings. The zero-order valence-electron chi connectivity index (χ0n) is 11.3. The number of para-hydroxylation sites is 1. The Morgan fingerprint density at radius 2 is 1.90 bits per heavy atom. The highest BCUT2D eigenvalue weighted by atomic mass is 32.1. The lowest BCUT2D eigenvalue weighted by molar-refractivity contribution is 0.0702. The molecule has 0 aliphatic heterocycles. The first-order valence-corrected chi connectivity index (χ1v) is 7.07. The van der Waals surface area contributed by atoms with Crippen molar-refractivity contribution in [1.82, 2.24) is 0 Å². The highest BCUT2D eigenvalue weighted by Crippen LogP contribution is 2.23. The number of aryl methyl sites for hydroxylation is 2. The summed E-state index contributed by atoms with van der Waals surface area (Å²) in [5.74, 6) is -1.29. The normalized spacial score (nSPS) is 10.3. The van der Waals surface area contributed by atoms with E-state index in [0.29, 0.717) is 4.88 Å². The molecule has 0 spiro atoms. The minimum absolute atomic E-state index is 0.163. The molecule has 1 aromatic carbocycles. The third kappa shape index (κ3) is 2.88. The van der Waals surface area contributed by atoms with Crippen molar-refractivity contribution in [3.8, 4) is 0 Å². The van der Waals surface area contributed by atoms with Gasteiger partial charge in [0.15, 0.2) is 0 Å². The largest absolute Gasteiger partial charge is 0.477 e. The molecule has 20 heavy (non-hydrogen) atoms. The van der Waals surface area contributed by atoms with Crippen molar-refractivity contribution in [2.75, 3.05) is 5.32 Å². The van der Waals surface area contributed by atoms with Crippen LogP contribution in [0.2, 0.25) is 0 Å². The number of anilines is 1. The summed E-state index contributed by atoms with van der Waals surface area (Å²) < 4.78 is 0. The molecule has 0 atom stereocenters. The Hall–Kier alpha value is -2.14. The number of carbonyl (C=O) groups excluding carboxylic acids is 1. The molecule has 0 bridgehead atoms.